The lowest BCUT2D eigenvalue weighted by Gasteiger charge is -2.37. The van der Waals surface area contributed by atoms with Gasteiger partial charge >= 0.3 is 0 Å². The van der Waals surface area contributed by atoms with Gasteiger partial charge in [0.25, 0.3) is 5.91 Å². The highest BCUT2D eigenvalue weighted by atomic mass is 16.2. The van der Waals surface area contributed by atoms with Gasteiger partial charge in [0, 0.05) is 18.0 Å². The molecule has 0 aromatic rings. The highest BCUT2D eigenvalue weighted by Crippen LogP contribution is 2.88. The van der Waals surface area contributed by atoms with Crippen LogP contribution in [0.4, 0.5) is 0 Å². The monoisotopic (exact) mass is 713 g/mol. The number of likely N-dealkylation sites (tertiary alicyclic amines) is 1. The molecule has 5 aliphatic rings. The lowest BCUT2D eigenvalue weighted by atomic mass is 9.73. The molecule has 5 fully saturated rings. The number of ketones is 1. The van der Waals surface area contributed by atoms with E-state index in [0.29, 0.717) is 32.2 Å². The first kappa shape index (κ1) is 40.8. The largest absolute Gasteiger partial charge is 0.386 e. The zero-order chi connectivity index (χ0) is 37.8. The van der Waals surface area contributed by atoms with Crippen molar-refractivity contribution < 1.29 is 24.0 Å². The van der Waals surface area contributed by atoms with Gasteiger partial charge in [-0.1, -0.05) is 100 Å². The standard InChI is InChI=1S/C36H58N6O5.C4H10/c1-7-12-24(27(44)31(46)39-23-15-16-23)40-29(37)25-19-36(34(5,6)35(36)17-11-18-35)20-42(25)32(47)28(33(2,3)4)41-30(45)26(38-21-43)22-13-9-8-10-14-22;1-3-4-2/h21-26,28H,7-20H2,1-6H3,(H2,37,40)(H,38,43)(H,39,46)(H,41,45);3-4H2,1-2H3/t24-,25-,26?,28+,36+;/m0./s1. The molecule has 0 radical (unpaired) electrons. The Kier molecular flexibility index (Phi) is 13.1. The third kappa shape index (κ3) is 8.17. The molecule has 1 unspecified atom stereocenters. The third-order valence-electron chi connectivity index (χ3n) is 13.3. The number of nitrogens with one attached hydrogen (secondary N) is 3. The van der Waals surface area contributed by atoms with Crippen LogP contribution in [0, 0.1) is 27.6 Å². The van der Waals surface area contributed by atoms with Crippen molar-refractivity contribution in [1.82, 2.24) is 20.9 Å². The number of nitrogens with zero attached hydrogens (tertiary/aromatic N) is 2. The minimum Gasteiger partial charge on any atom is -0.386 e. The van der Waals surface area contributed by atoms with Gasteiger partial charge in [0.1, 0.15) is 24.0 Å². The summed E-state index contributed by atoms with van der Waals surface area (Å²) in [7, 11) is 0. The lowest BCUT2D eigenvalue weighted by molar-refractivity contribution is -0.140. The molecule has 4 aliphatic carbocycles. The van der Waals surface area contributed by atoms with Gasteiger partial charge < -0.3 is 26.6 Å². The van der Waals surface area contributed by atoms with Crippen LogP contribution in [0.3, 0.4) is 0 Å². The smallest absolute Gasteiger partial charge is 0.289 e. The Morgan fingerprint density at radius 2 is 1.55 bits per heavy atom. The molecule has 1 saturated heterocycles. The maximum atomic E-state index is 14.8. The molecule has 5 N–H and O–H groups in total. The number of carbonyl (C=O) groups excluding carboxylic acids is 5. The van der Waals surface area contributed by atoms with Crippen molar-refractivity contribution in [2.45, 2.75) is 182 Å². The van der Waals surface area contributed by atoms with E-state index in [0.717, 1.165) is 64.2 Å². The minimum absolute atomic E-state index is 0.00493. The summed E-state index contributed by atoms with van der Waals surface area (Å²) in [6.07, 6.45) is 14.8. The first-order valence-electron chi connectivity index (χ1n) is 20.0. The second kappa shape index (κ2) is 16.4. The summed E-state index contributed by atoms with van der Waals surface area (Å²) < 4.78 is 0. The Morgan fingerprint density at radius 1 is 0.922 bits per heavy atom. The number of rotatable bonds is 14. The molecule has 11 heteroatoms. The van der Waals surface area contributed by atoms with Crippen LogP contribution in [0.5, 0.6) is 0 Å². The average molecular weight is 713 g/mol. The Hall–Kier alpha value is -2.98. The molecule has 5 rings (SSSR count). The highest BCUT2D eigenvalue weighted by Gasteiger charge is 2.85. The maximum Gasteiger partial charge on any atom is 0.289 e. The predicted octanol–water partition coefficient (Wildman–Crippen LogP) is 5.19. The van der Waals surface area contributed by atoms with Gasteiger partial charge in [-0.2, -0.15) is 0 Å². The summed E-state index contributed by atoms with van der Waals surface area (Å²) in [5.74, 6) is -1.58. The van der Waals surface area contributed by atoms with Gasteiger partial charge in [0.2, 0.25) is 24.0 Å². The summed E-state index contributed by atoms with van der Waals surface area (Å²) in [6.45, 7) is 17.2. The Morgan fingerprint density at radius 3 is 2.02 bits per heavy atom. The summed E-state index contributed by atoms with van der Waals surface area (Å²) in [6, 6.07) is -3.01. The zero-order valence-electron chi connectivity index (χ0n) is 32.9. The van der Waals surface area contributed by atoms with Crippen LogP contribution in [-0.4, -0.2) is 77.4 Å². The van der Waals surface area contributed by atoms with Crippen molar-refractivity contribution in [3.63, 3.8) is 0 Å². The molecule has 51 heavy (non-hydrogen) atoms. The molecule has 0 aromatic heterocycles. The normalized spacial score (nSPS) is 26.9. The molecule has 1 aliphatic heterocycles. The van der Waals surface area contributed by atoms with Gasteiger partial charge in [-0.3, -0.25) is 29.0 Å². The first-order chi connectivity index (χ1) is 24.1. The molecule has 4 saturated carbocycles. The highest BCUT2D eigenvalue weighted by molar-refractivity contribution is 6.38. The molecule has 2 spiro atoms. The van der Waals surface area contributed by atoms with E-state index in [2.05, 4.69) is 43.6 Å². The summed E-state index contributed by atoms with van der Waals surface area (Å²) in [5.41, 5.74) is 6.13. The van der Waals surface area contributed by atoms with Crippen LogP contribution >= 0.6 is 0 Å². The van der Waals surface area contributed by atoms with Crippen LogP contribution in [0.1, 0.15) is 152 Å². The SMILES string of the molecule is CCCC.CCC[C@H](N=C(N)[C@@H]1C[C@@]2(CN1C(=O)[C@@H](NC(=O)C(NC=O)C1CCCCC1)C(C)(C)C)C(C)(C)C21CCC1)C(=O)C(=O)NC1CC1. The number of hydrogen-bond acceptors (Lipinski definition) is 6. The third-order valence-corrected chi connectivity index (χ3v) is 13.3. The number of amidine groups is 1. The fourth-order valence-electron chi connectivity index (χ4n) is 9.54. The number of fused-ring (bicyclic) bond motifs is 1. The average Bonchev–Trinajstić information content (AvgIpc) is 3.90. The van der Waals surface area contributed by atoms with Crippen molar-refractivity contribution >= 4 is 35.8 Å². The van der Waals surface area contributed by atoms with Crippen LogP contribution in [0.25, 0.3) is 0 Å². The van der Waals surface area contributed by atoms with Crippen molar-refractivity contribution in [1.29, 1.82) is 0 Å². The van der Waals surface area contributed by atoms with Gasteiger partial charge in [-0.05, 0) is 73.5 Å². The zero-order valence-corrected chi connectivity index (χ0v) is 32.9. The summed E-state index contributed by atoms with van der Waals surface area (Å²) >= 11 is 0. The molecule has 0 aromatic carbocycles. The van der Waals surface area contributed by atoms with Gasteiger partial charge in [-0.15, -0.1) is 0 Å². The fraction of sp³-hybridized carbons (Fsp3) is 0.850. The fourth-order valence-corrected chi connectivity index (χ4v) is 9.54. The molecule has 0 bridgehead atoms. The molecule has 1 heterocycles. The van der Waals surface area contributed by atoms with E-state index >= 15 is 0 Å². The van der Waals surface area contributed by atoms with Crippen LogP contribution in [-0.2, 0) is 24.0 Å². The van der Waals surface area contributed by atoms with E-state index in [1.54, 1.807) is 0 Å². The Balaban J connectivity index is 0.00000138. The van der Waals surface area contributed by atoms with Gasteiger partial charge in [-0.25, -0.2) is 0 Å². The van der Waals surface area contributed by atoms with E-state index in [1.165, 1.54) is 12.8 Å². The summed E-state index contributed by atoms with van der Waals surface area (Å²) in [4.78, 5) is 72.7. The topological polar surface area (TPSA) is 163 Å². The molecule has 5 atom stereocenters. The number of aliphatic imine (C=N–C) groups is 1. The van der Waals surface area contributed by atoms with Crippen LogP contribution in [0.15, 0.2) is 4.99 Å². The number of unbranched alkanes of at least 4 members (excludes halogenated alkanes) is 1. The second-order valence-corrected chi connectivity index (χ2v) is 17.8. The molecule has 288 valence electrons. The number of hydrogen-bond donors (Lipinski definition) is 4. The Labute approximate surface area is 306 Å². The van der Waals surface area contributed by atoms with Crippen LogP contribution < -0.4 is 21.7 Å². The van der Waals surface area contributed by atoms with Crippen LogP contribution in [0.2, 0.25) is 0 Å². The number of nitrogens with two attached hydrogens (primary N) is 1. The van der Waals surface area contributed by atoms with Crippen molar-refractivity contribution in [2.75, 3.05) is 6.54 Å². The maximum absolute atomic E-state index is 14.8. The molecular weight excluding hydrogens is 644 g/mol. The molecule has 11 nitrogen and oxygen atoms in total. The second-order valence-electron chi connectivity index (χ2n) is 17.8. The van der Waals surface area contributed by atoms with E-state index in [1.807, 2.05) is 32.6 Å². The van der Waals surface area contributed by atoms with Gasteiger partial charge in [0.15, 0.2) is 0 Å². The Bertz CT molecular complexity index is 1310. The van der Waals surface area contributed by atoms with Gasteiger partial charge in [0.05, 0.1) is 6.04 Å². The van der Waals surface area contributed by atoms with E-state index in [9.17, 15) is 24.0 Å². The van der Waals surface area contributed by atoms with E-state index in [4.69, 9.17) is 10.7 Å². The minimum atomic E-state index is -0.916. The number of carbonyl (C=O) groups is 5. The molecule has 4 amide bonds. The van der Waals surface area contributed by atoms with Crippen molar-refractivity contribution in [3.8, 4) is 0 Å². The van der Waals surface area contributed by atoms with E-state index in [-0.39, 0.29) is 45.9 Å². The van der Waals surface area contributed by atoms with Crippen molar-refractivity contribution in [2.24, 2.45) is 38.3 Å². The quantitative estimate of drug-likeness (QED) is 0.0839. The first-order valence-corrected chi connectivity index (χ1v) is 20.0. The number of amides is 4. The van der Waals surface area contributed by atoms with E-state index < -0.39 is 41.3 Å². The molecular formula is C40H68N6O5. The summed E-state index contributed by atoms with van der Waals surface area (Å²) in [5, 5.41) is 8.61. The lowest BCUT2D eigenvalue weighted by Crippen LogP contribution is -2.60. The van der Waals surface area contributed by atoms with Crippen molar-refractivity contribution in [3.05, 3.63) is 0 Å². The predicted molar refractivity (Wildman–Crippen MR) is 201 cm³/mol. The number of Topliss-reactive ketones (excluding diaryl/α,β-unsaturated/α-hetero) is 1.